The first-order valence-electron chi connectivity index (χ1n) is 10.7. The second-order valence-corrected chi connectivity index (χ2v) is 8.10. The molecular formula is C23H28N4O3. The van der Waals surface area contributed by atoms with Crippen LogP contribution in [-0.2, 0) is 4.79 Å². The van der Waals surface area contributed by atoms with Gasteiger partial charge in [-0.1, -0.05) is 0 Å². The molecule has 0 spiro atoms. The Balaban J connectivity index is 1.33. The number of rotatable bonds is 6. The molecule has 3 N–H and O–H groups in total. The number of carbonyl (C=O) groups excluding carboxylic acids is 2. The molecule has 30 heavy (non-hydrogen) atoms. The number of piperidine rings is 1. The highest BCUT2D eigenvalue weighted by Crippen LogP contribution is 2.25. The van der Waals surface area contributed by atoms with Gasteiger partial charge in [-0.3, -0.25) is 9.59 Å². The summed E-state index contributed by atoms with van der Waals surface area (Å²) in [5.41, 5.74) is 6.64. The summed E-state index contributed by atoms with van der Waals surface area (Å²) in [4.78, 5) is 30.5. The summed E-state index contributed by atoms with van der Waals surface area (Å²) in [5, 5.41) is 2.87. The third-order valence-electron chi connectivity index (χ3n) is 5.87. The fraction of sp³-hybridized carbons (Fsp3) is 0.435. The van der Waals surface area contributed by atoms with Crippen LogP contribution in [0.4, 0.5) is 11.5 Å². The molecule has 1 saturated carbocycles. The van der Waals surface area contributed by atoms with Crippen molar-refractivity contribution in [3.63, 3.8) is 0 Å². The van der Waals surface area contributed by atoms with E-state index in [1.807, 2.05) is 24.3 Å². The van der Waals surface area contributed by atoms with Crippen LogP contribution in [0.25, 0.3) is 0 Å². The number of nitrogens with two attached hydrogens (primary N) is 1. The van der Waals surface area contributed by atoms with Crippen LogP contribution < -0.4 is 20.7 Å². The standard InChI is InChI=1S/C23H28N4O3/c24-22(28)17-4-3-13-27(15-17)21-12-9-18(14-25-21)26-23(29)16-7-10-20(11-8-16)30-19-5-1-2-6-19/h7-12,14,17,19H,1-6,13,15H2,(H2,24,28)(H,26,29). The van der Waals surface area contributed by atoms with Crippen LogP contribution in [0.3, 0.4) is 0 Å². The summed E-state index contributed by atoms with van der Waals surface area (Å²) in [6, 6.07) is 10.9. The molecule has 158 valence electrons. The Morgan fingerprint density at radius 1 is 1.03 bits per heavy atom. The fourth-order valence-electron chi connectivity index (χ4n) is 4.15. The van der Waals surface area contributed by atoms with Crippen LogP contribution in [-0.4, -0.2) is 36.0 Å². The maximum Gasteiger partial charge on any atom is 0.255 e. The van der Waals surface area contributed by atoms with Gasteiger partial charge in [0.1, 0.15) is 11.6 Å². The second-order valence-electron chi connectivity index (χ2n) is 8.10. The smallest absolute Gasteiger partial charge is 0.255 e. The molecule has 2 aromatic rings. The van der Waals surface area contributed by atoms with Crippen molar-refractivity contribution in [2.45, 2.75) is 44.6 Å². The van der Waals surface area contributed by atoms with E-state index < -0.39 is 0 Å². The van der Waals surface area contributed by atoms with Crippen molar-refractivity contribution >= 4 is 23.3 Å². The van der Waals surface area contributed by atoms with Crippen molar-refractivity contribution in [1.82, 2.24) is 4.98 Å². The van der Waals surface area contributed by atoms with Crippen molar-refractivity contribution in [1.29, 1.82) is 0 Å². The van der Waals surface area contributed by atoms with Crippen LogP contribution in [0.15, 0.2) is 42.6 Å². The van der Waals surface area contributed by atoms with Crippen LogP contribution in [0.1, 0.15) is 48.9 Å². The molecule has 1 aliphatic heterocycles. The molecule has 2 amide bonds. The van der Waals surface area contributed by atoms with E-state index in [9.17, 15) is 9.59 Å². The topological polar surface area (TPSA) is 97.6 Å². The van der Waals surface area contributed by atoms with E-state index in [-0.39, 0.29) is 17.7 Å². The lowest BCUT2D eigenvalue weighted by molar-refractivity contribution is -0.122. The Labute approximate surface area is 176 Å². The molecule has 0 radical (unpaired) electrons. The lowest BCUT2D eigenvalue weighted by Crippen LogP contribution is -2.41. The van der Waals surface area contributed by atoms with E-state index in [0.29, 0.717) is 23.9 Å². The molecule has 7 nitrogen and oxygen atoms in total. The van der Waals surface area contributed by atoms with Crippen molar-refractivity contribution in [3.05, 3.63) is 48.2 Å². The molecule has 7 heteroatoms. The minimum atomic E-state index is -0.261. The summed E-state index contributed by atoms with van der Waals surface area (Å²) in [6.07, 6.45) is 8.32. The zero-order chi connectivity index (χ0) is 20.9. The zero-order valence-corrected chi connectivity index (χ0v) is 17.0. The minimum absolute atomic E-state index is 0.138. The number of pyridine rings is 1. The first-order chi connectivity index (χ1) is 14.6. The van der Waals surface area contributed by atoms with Gasteiger partial charge in [-0.2, -0.15) is 0 Å². The fourth-order valence-corrected chi connectivity index (χ4v) is 4.15. The van der Waals surface area contributed by atoms with E-state index in [4.69, 9.17) is 10.5 Å². The minimum Gasteiger partial charge on any atom is -0.490 e. The number of anilines is 2. The number of primary amides is 1. The lowest BCUT2D eigenvalue weighted by atomic mass is 9.97. The van der Waals surface area contributed by atoms with Gasteiger partial charge in [0, 0.05) is 18.7 Å². The number of nitrogens with zero attached hydrogens (tertiary/aromatic N) is 2. The van der Waals surface area contributed by atoms with Gasteiger partial charge in [0.05, 0.1) is 23.9 Å². The Hall–Kier alpha value is -3.09. The van der Waals surface area contributed by atoms with Crippen molar-refractivity contribution in [2.24, 2.45) is 11.7 Å². The molecule has 1 atom stereocenters. The Kier molecular flexibility index (Phi) is 6.16. The third kappa shape index (κ3) is 4.90. The zero-order valence-electron chi connectivity index (χ0n) is 17.0. The highest BCUT2D eigenvalue weighted by Gasteiger charge is 2.24. The van der Waals surface area contributed by atoms with Crippen molar-refractivity contribution in [2.75, 3.05) is 23.3 Å². The summed E-state index contributed by atoms with van der Waals surface area (Å²) in [5.74, 6) is 1.00. The number of benzene rings is 1. The number of aromatic nitrogens is 1. The lowest BCUT2D eigenvalue weighted by Gasteiger charge is -2.32. The average molecular weight is 409 g/mol. The van der Waals surface area contributed by atoms with E-state index in [2.05, 4.69) is 15.2 Å². The second kappa shape index (κ2) is 9.15. The number of hydrogen-bond donors (Lipinski definition) is 2. The summed E-state index contributed by atoms with van der Waals surface area (Å²) in [6.45, 7) is 1.43. The van der Waals surface area contributed by atoms with Gasteiger partial charge < -0.3 is 20.7 Å². The van der Waals surface area contributed by atoms with Crippen LogP contribution >= 0.6 is 0 Å². The quantitative estimate of drug-likeness (QED) is 0.764. The normalized spacial score (nSPS) is 19.5. The van der Waals surface area contributed by atoms with Gasteiger partial charge in [0.2, 0.25) is 5.91 Å². The highest BCUT2D eigenvalue weighted by molar-refractivity contribution is 6.04. The molecule has 2 fully saturated rings. The van der Waals surface area contributed by atoms with E-state index in [1.54, 1.807) is 18.3 Å². The Morgan fingerprint density at radius 3 is 2.47 bits per heavy atom. The molecule has 1 aromatic carbocycles. The molecule has 1 saturated heterocycles. The number of nitrogens with one attached hydrogen (secondary N) is 1. The number of hydrogen-bond acceptors (Lipinski definition) is 5. The average Bonchev–Trinajstić information content (AvgIpc) is 3.28. The number of ether oxygens (including phenoxy) is 1. The van der Waals surface area contributed by atoms with Gasteiger partial charge in [-0.05, 0) is 74.9 Å². The maximum atomic E-state index is 12.5. The molecule has 4 rings (SSSR count). The third-order valence-corrected chi connectivity index (χ3v) is 5.87. The summed E-state index contributed by atoms with van der Waals surface area (Å²) < 4.78 is 5.95. The van der Waals surface area contributed by atoms with Crippen LogP contribution in [0.2, 0.25) is 0 Å². The molecule has 1 aliphatic carbocycles. The summed E-state index contributed by atoms with van der Waals surface area (Å²) >= 11 is 0. The van der Waals surface area contributed by atoms with E-state index >= 15 is 0 Å². The molecular weight excluding hydrogens is 380 g/mol. The number of amides is 2. The number of carbonyl (C=O) groups is 2. The van der Waals surface area contributed by atoms with Crippen LogP contribution in [0, 0.1) is 5.92 Å². The van der Waals surface area contributed by atoms with Crippen LogP contribution in [0.5, 0.6) is 5.75 Å². The Morgan fingerprint density at radius 2 is 1.80 bits per heavy atom. The van der Waals surface area contributed by atoms with Gasteiger partial charge in [0.15, 0.2) is 0 Å². The maximum absolute atomic E-state index is 12.5. The van der Waals surface area contributed by atoms with E-state index in [1.165, 1.54) is 12.8 Å². The van der Waals surface area contributed by atoms with Gasteiger partial charge in [-0.25, -0.2) is 4.98 Å². The first-order valence-corrected chi connectivity index (χ1v) is 10.7. The predicted octanol–water partition coefficient (Wildman–Crippen LogP) is 3.36. The molecule has 2 aliphatic rings. The monoisotopic (exact) mass is 408 g/mol. The highest BCUT2D eigenvalue weighted by atomic mass is 16.5. The molecule has 1 aromatic heterocycles. The predicted molar refractivity (Wildman–Crippen MR) is 116 cm³/mol. The Bertz CT molecular complexity index is 876. The van der Waals surface area contributed by atoms with Crippen molar-refractivity contribution in [3.8, 4) is 5.75 Å². The van der Waals surface area contributed by atoms with Crippen molar-refractivity contribution < 1.29 is 14.3 Å². The van der Waals surface area contributed by atoms with Gasteiger partial charge in [-0.15, -0.1) is 0 Å². The largest absolute Gasteiger partial charge is 0.490 e. The molecule has 1 unspecified atom stereocenters. The van der Waals surface area contributed by atoms with Gasteiger partial charge in [0.25, 0.3) is 5.91 Å². The van der Waals surface area contributed by atoms with E-state index in [0.717, 1.165) is 43.8 Å². The molecule has 2 heterocycles. The molecule has 0 bridgehead atoms. The first kappa shape index (κ1) is 20.2. The summed E-state index contributed by atoms with van der Waals surface area (Å²) in [7, 11) is 0. The SMILES string of the molecule is NC(=O)C1CCCN(c2ccc(NC(=O)c3ccc(OC4CCCC4)cc3)cn2)C1. The van der Waals surface area contributed by atoms with Gasteiger partial charge >= 0.3 is 0 Å².